The van der Waals surface area contributed by atoms with Crippen LogP contribution in [-0.2, 0) is 0 Å². The average molecular weight is 391 g/mol. The molecule has 0 fully saturated rings. The molecule has 2 heterocycles. The molecule has 4 rings (SSSR count). The topological polar surface area (TPSA) is 30.7 Å². The van der Waals surface area contributed by atoms with E-state index in [9.17, 15) is 13.2 Å². The van der Waals surface area contributed by atoms with Gasteiger partial charge in [0.15, 0.2) is 0 Å². The minimum Gasteiger partial charge on any atom is -0.215 e. The van der Waals surface area contributed by atoms with Crippen LogP contribution in [0.1, 0.15) is 12.1 Å². The SMILES string of the molecule is CSc1ccc(-c2cc(C(F)F)nn2-c2nc3c(F)cccc3s2)cc1. The number of hydrogen-bond donors (Lipinski definition) is 0. The Labute approximate surface area is 155 Å². The second kappa shape index (κ2) is 6.77. The summed E-state index contributed by atoms with van der Waals surface area (Å²) in [6, 6.07) is 13.5. The lowest BCUT2D eigenvalue weighted by molar-refractivity contribution is 0.145. The van der Waals surface area contributed by atoms with Gasteiger partial charge >= 0.3 is 0 Å². The number of thioether (sulfide) groups is 1. The normalized spacial score (nSPS) is 11.6. The van der Waals surface area contributed by atoms with Gasteiger partial charge in [0.25, 0.3) is 6.43 Å². The number of hydrogen-bond acceptors (Lipinski definition) is 4. The fourth-order valence-corrected chi connectivity index (χ4v) is 3.97. The second-order valence-corrected chi connectivity index (χ2v) is 7.37. The molecular weight excluding hydrogens is 379 g/mol. The van der Waals surface area contributed by atoms with E-state index in [0.29, 0.717) is 15.5 Å². The van der Waals surface area contributed by atoms with Gasteiger partial charge in [-0.25, -0.2) is 22.8 Å². The van der Waals surface area contributed by atoms with Crippen LogP contribution < -0.4 is 0 Å². The van der Waals surface area contributed by atoms with Crippen molar-refractivity contribution in [1.82, 2.24) is 14.8 Å². The predicted molar refractivity (Wildman–Crippen MR) is 98.9 cm³/mol. The molecule has 0 bridgehead atoms. The van der Waals surface area contributed by atoms with E-state index in [1.165, 1.54) is 28.2 Å². The van der Waals surface area contributed by atoms with E-state index in [4.69, 9.17) is 0 Å². The average Bonchev–Trinajstić information content (AvgIpc) is 3.27. The molecule has 26 heavy (non-hydrogen) atoms. The molecule has 2 aromatic heterocycles. The Morgan fingerprint density at radius 3 is 2.54 bits per heavy atom. The summed E-state index contributed by atoms with van der Waals surface area (Å²) in [4.78, 5) is 5.34. The molecule has 4 aromatic rings. The maximum atomic E-state index is 13.9. The molecule has 8 heteroatoms. The van der Waals surface area contributed by atoms with Crippen LogP contribution in [0.5, 0.6) is 0 Å². The first-order chi connectivity index (χ1) is 12.6. The van der Waals surface area contributed by atoms with E-state index in [0.717, 1.165) is 10.5 Å². The fourth-order valence-electron chi connectivity index (χ4n) is 2.61. The van der Waals surface area contributed by atoms with E-state index >= 15 is 0 Å². The first-order valence-corrected chi connectivity index (χ1v) is 9.69. The quantitative estimate of drug-likeness (QED) is 0.403. The van der Waals surface area contributed by atoms with Crippen LogP contribution in [0.3, 0.4) is 0 Å². The standard InChI is InChI=1S/C18H12F3N3S2/c1-25-11-7-5-10(6-8-11)14-9-13(17(20)21)23-24(14)18-22-16-12(19)3-2-4-15(16)26-18/h2-9,17H,1H3. The molecule has 0 saturated carbocycles. The summed E-state index contributed by atoms with van der Waals surface area (Å²) in [5.41, 5.74) is 1.10. The van der Waals surface area contributed by atoms with Crippen molar-refractivity contribution in [2.24, 2.45) is 0 Å². The van der Waals surface area contributed by atoms with Gasteiger partial charge in [-0.2, -0.15) is 5.10 Å². The molecule has 0 amide bonds. The van der Waals surface area contributed by atoms with Crippen molar-refractivity contribution in [3.05, 3.63) is 60.0 Å². The third-order valence-corrected chi connectivity index (χ3v) is 5.62. The van der Waals surface area contributed by atoms with Crippen LogP contribution in [0.25, 0.3) is 26.6 Å². The number of halogens is 3. The summed E-state index contributed by atoms with van der Waals surface area (Å²) < 4.78 is 42.4. The molecule has 2 aromatic carbocycles. The van der Waals surface area contributed by atoms with Gasteiger partial charge in [-0.1, -0.05) is 29.5 Å². The number of para-hydroxylation sites is 1. The summed E-state index contributed by atoms with van der Waals surface area (Å²) in [6.45, 7) is 0. The van der Waals surface area contributed by atoms with Crippen LogP contribution in [-0.4, -0.2) is 21.0 Å². The molecule has 0 aliphatic heterocycles. The van der Waals surface area contributed by atoms with Crippen molar-refractivity contribution >= 4 is 33.3 Å². The van der Waals surface area contributed by atoms with E-state index in [-0.39, 0.29) is 11.2 Å². The largest absolute Gasteiger partial charge is 0.282 e. The maximum absolute atomic E-state index is 13.9. The number of benzene rings is 2. The Kier molecular flexibility index (Phi) is 4.46. The fraction of sp³-hybridized carbons (Fsp3) is 0.111. The summed E-state index contributed by atoms with van der Waals surface area (Å²) in [6.07, 6.45) is -0.740. The molecule has 0 N–H and O–H groups in total. The number of aromatic nitrogens is 3. The van der Waals surface area contributed by atoms with Gasteiger partial charge in [0.05, 0.1) is 10.4 Å². The lowest BCUT2D eigenvalue weighted by Crippen LogP contribution is -1.99. The van der Waals surface area contributed by atoms with E-state index in [1.54, 1.807) is 23.9 Å². The number of rotatable bonds is 4. The second-order valence-electron chi connectivity index (χ2n) is 5.48. The number of alkyl halides is 2. The maximum Gasteiger partial charge on any atom is 0.282 e. The minimum atomic E-state index is -2.70. The third-order valence-electron chi connectivity index (χ3n) is 3.88. The van der Waals surface area contributed by atoms with Gasteiger partial charge < -0.3 is 0 Å². The molecule has 132 valence electrons. The van der Waals surface area contributed by atoms with Crippen LogP contribution in [0.4, 0.5) is 13.2 Å². The highest BCUT2D eigenvalue weighted by Crippen LogP contribution is 2.33. The van der Waals surface area contributed by atoms with E-state index < -0.39 is 12.2 Å². The highest BCUT2D eigenvalue weighted by Gasteiger charge is 2.20. The Hall–Kier alpha value is -2.32. The molecule has 0 aliphatic rings. The lowest BCUT2D eigenvalue weighted by Gasteiger charge is -2.05. The molecule has 0 atom stereocenters. The van der Waals surface area contributed by atoms with Crippen LogP contribution in [0.2, 0.25) is 0 Å². The van der Waals surface area contributed by atoms with Gasteiger partial charge in [-0.15, -0.1) is 11.8 Å². The van der Waals surface area contributed by atoms with Gasteiger partial charge in [-0.05, 0) is 36.6 Å². The summed E-state index contributed by atoms with van der Waals surface area (Å²) in [7, 11) is 0. The van der Waals surface area contributed by atoms with Gasteiger partial charge in [0, 0.05) is 10.5 Å². The molecule has 0 aliphatic carbocycles. The van der Waals surface area contributed by atoms with Crippen molar-refractivity contribution in [2.75, 3.05) is 6.26 Å². The number of fused-ring (bicyclic) bond motifs is 1. The van der Waals surface area contributed by atoms with Crippen molar-refractivity contribution in [3.63, 3.8) is 0 Å². The van der Waals surface area contributed by atoms with Crippen molar-refractivity contribution in [1.29, 1.82) is 0 Å². The van der Waals surface area contributed by atoms with Crippen molar-refractivity contribution in [2.45, 2.75) is 11.3 Å². The molecule has 0 spiro atoms. The van der Waals surface area contributed by atoms with Gasteiger partial charge in [0.1, 0.15) is 17.0 Å². The van der Waals surface area contributed by atoms with Crippen LogP contribution in [0.15, 0.2) is 53.4 Å². The van der Waals surface area contributed by atoms with E-state index in [2.05, 4.69) is 10.1 Å². The summed E-state index contributed by atoms with van der Waals surface area (Å²) in [5, 5.41) is 4.36. The zero-order chi connectivity index (χ0) is 18.3. The van der Waals surface area contributed by atoms with Crippen molar-refractivity contribution in [3.8, 4) is 16.4 Å². The highest BCUT2D eigenvalue weighted by molar-refractivity contribution is 7.98. The molecule has 0 radical (unpaired) electrons. The monoisotopic (exact) mass is 391 g/mol. The van der Waals surface area contributed by atoms with Crippen LogP contribution in [0, 0.1) is 5.82 Å². The predicted octanol–water partition coefficient (Wildman–Crippen LogP) is 5.95. The highest BCUT2D eigenvalue weighted by atomic mass is 32.2. The van der Waals surface area contributed by atoms with Crippen LogP contribution >= 0.6 is 23.1 Å². The molecular formula is C18H12F3N3S2. The molecule has 0 unspecified atom stereocenters. The Bertz CT molecular complexity index is 1070. The third kappa shape index (κ3) is 2.99. The Balaban J connectivity index is 1.89. The zero-order valence-electron chi connectivity index (χ0n) is 13.5. The summed E-state index contributed by atoms with van der Waals surface area (Å²) in [5.74, 6) is -0.447. The van der Waals surface area contributed by atoms with Gasteiger partial charge in [0.2, 0.25) is 5.13 Å². The zero-order valence-corrected chi connectivity index (χ0v) is 15.1. The first-order valence-electron chi connectivity index (χ1n) is 7.65. The Morgan fingerprint density at radius 2 is 1.88 bits per heavy atom. The number of thiazole rings is 1. The summed E-state index contributed by atoms with van der Waals surface area (Å²) >= 11 is 2.80. The lowest BCUT2D eigenvalue weighted by atomic mass is 10.1. The minimum absolute atomic E-state index is 0.213. The molecule has 0 saturated heterocycles. The van der Waals surface area contributed by atoms with Crippen molar-refractivity contribution < 1.29 is 13.2 Å². The smallest absolute Gasteiger partial charge is 0.215 e. The Morgan fingerprint density at radius 1 is 1.12 bits per heavy atom. The number of nitrogens with zero attached hydrogens (tertiary/aromatic N) is 3. The molecule has 3 nitrogen and oxygen atoms in total. The first kappa shape index (κ1) is 17.1. The van der Waals surface area contributed by atoms with Gasteiger partial charge in [-0.3, -0.25) is 0 Å². The van der Waals surface area contributed by atoms with E-state index in [1.807, 2.05) is 30.5 Å².